The normalized spacial score (nSPS) is 10.8. The molecule has 0 aliphatic carbocycles. The summed E-state index contributed by atoms with van der Waals surface area (Å²) in [4.78, 5) is 43.4. The SMILES string of the molecule is CC(C)N(CC(=O)Nc1nc(CC(=O)Nc2ccc(F)cc2)cs1)C(=O)c1ccc(Cl)cc1Cl. The minimum Gasteiger partial charge on any atom is -0.327 e. The van der Waals surface area contributed by atoms with E-state index in [2.05, 4.69) is 15.6 Å². The Bertz CT molecular complexity index is 1200. The maximum absolute atomic E-state index is 13.0. The Kier molecular flexibility index (Phi) is 8.60. The van der Waals surface area contributed by atoms with E-state index in [4.69, 9.17) is 23.2 Å². The molecule has 0 aliphatic rings. The van der Waals surface area contributed by atoms with Gasteiger partial charge in [-0.15, -0.1) is 11.3 Å². The zero-order valence-electron chi connectivity index (χ0n) is 18.3. The average Bonchev–Trinajstić information content (AvgIpc) is 3.19. The number of carbonyl (C=O) groups excluding carboxylic acids is 3. The number of thiazole rings is 1. The Hall–Kier alpha value is -3.01. The fraction of sp³-hybridized carbons (Fsp3) is 0.217. The van der Waals surface area contributed by atoms with Gasteiger partial charge < -0.3 is 15.5 Å². The molecule has 1 heterocycles. The molecule has 3 rings (SSSR count). The second-order valence-corrected chi connectivity index (χ2v) is 9.28. The van der Waals surface area contributed by atoms with E-state index >= 15 is 0 Å². The molecule has 0 aliphatic heterocycles. The lowest BCUT2D eigenvalue weighted by atomic mass is 10.1. The van der Waals surface area contributed by atoms with Crippen molar-refractivity contribution in [3.05, 3.63) is 75.0 Å². The molecule has 0 radical (unpaired) electrons. The van der Waals surface area contributed by atoms with Gasteiger partial charge in [0.25, 0.3) is 5.91 Å². The number of nitrogens with one attached hydrogen (secondary N) is 2. The van der Waals surface area contributed by atoms with Crippen molar-refractivity contribution in [1.29, 1.82) is 0 Å². The minimum absolute atomic E-state index is 0.0184. The van der Waals surface area contributed by atoms with Gasteiger partial charge in [0.15, 0.2) is 5.13 Å². The van der Waals surface area contributed by atoms with Crippen LogP contribution in [-0.2, 0) is 16.0 Å². The van der Waals surface area contributed by atoms with E-state index in [9.17, 15) is 18.8 Å². The van der Waals surface area contributed by atoms with Gasteiger partial charge in [-0.25, -0.2) is 9.37 Å². The highest BCUT2D eigenvalue weighted by atomic mass is 35.5. The lowest BCUT2D eigenvalue weighted by molar-refractivity contribution is -0.117. The highest BCUT2D eigenvalue weighted by Gasteiger charge is 2.24. The molecular formula is C23H21Cl2FN4O3S. The van der Waals surface area contributed by atoms with E-state index in [0.717, 1.165) is 11.3 Å². The van der Waals surface area contributed by atoms with Gasteiger partial charge >= 0.3 is 0 Å². The van der Waals surface area contributed by atoms with Crippen molar-refractivity contribution in [3.63, 3.8) is 0 Å². The molecule has 2 aromatic carbocycles. The van der Waals surface area contributed by atoms with E-state index in [1.807, 2.05) is 0 Å². The Labute approximate surface area is 209 Å². The smallest absolute Gasteiger partial charge is 0.256 e. The first-order valence-corrected chi connectivity index (χ1v) is 11.8. The van der Waals surface area contributed by atoms with Crippen LogP contribution in [-0.4, -0.2) is 40.2 Å². The number of amides is 3. The molecule has 2 N–H and O–H groups in total. The van der Waals surface area contributed by atoms with E-state index in [0.29, 0.717) is 21.5 Å². The summed E-state index contributed by atoms with van der Waals surface area (Å²) in [6.45, 7) is 3.36. The first-order valence-electron chi connectivity index (χ1n) is 10.2. The fourth-order valence-corrected chi connectivity index (χ4v) is 4.18. The highest BCUT2D eigenvalue weighted by Crippen LogP contribution is 2.23. The number of anilines is 2. The summed E-state index contributed by atoms with van der Waals surface area (Å²) < 4.78 is 13.0. The van der Waals surface area contributed by atoms with Gasteiger partial charge in [-0.1, -0.05) is 23.2 Å². The van der Waals surface area contributed by atoms with Gasteiger partial charge in [-0.05, 0) is 56.3 Å². The minimum atomic E-state index is -0.441. The number of carbonyl (C=O) groups is 3. The largest absolute Gasteiger partial charge is 0.327 e. The topological polar surface area (TPSA) is 91.4 Å². The lowest BCUT2D eigenvalue weighted by Gasteiger charge is -2.26. The molecule has 7 nitrogen and oxygen atoms in total. The molecule has 3 amide bonds. The van der Waals surface area contributed by atoms with Crippen molar-refractivity contribution in [3.8, 4) is 0 Å². The average molecular weight is 523 g/mol. The molecule has 0 spiro atoms. The summed E-state index contributed by atoms with van der Waals surface area (Å²) in [7, 11) is 0. The van der Waals surface area contributed by atoms with Crippen LogP contribution in [0.15, 0.2) is 47.8 Å². The molecule has 0 unspecified atom stereocenters. The van der Waals surface area contributed by atoms with Crippen LogP contribution in [0.1, 0.15) is 29.9 Å². The number of hydrogen-bond acceptors (Lipinski definition) is 5. The van der Waals surface area contributed by atoms with Crippen molar-refractivity contribution < 1.29 is 18.8 Å². The zero-order valence-corrected chi connectivity index (χ0v) is 20.6. The monoisotopic (exact) mass is 522 g/mol. The van der Waals surface area contributed by atoms with Crippen molar-refractivity contribution >= 4 is 63.1 Å². The molecule has 178 valence electrons. The van der Waals surface area contributed by atoms with Crippen LogP contribution in [0.4, 0.5) is 15.2 Å². The second kappa shape index (κ2) is 11.4. The molecule has 0 bridgehead atoms. The summed E-state index contributed by atoms with van der Waals surface area (Å²) in [6, 6.07) is 9.69. The van der Waals surface area contributed by atoms with E-state index in [1.165, 1.54) is 41.3 Å². The molecule has 0 saturated carbocycles. The number of hydrogen-bond donors (Lipinski definition) is 2. The highest BCUT2D eigenvalue weighted by molar-refractivity contribution is 7.13. The maximum atomic E-state index is 13.0. The summed E-state index contributed by atoms with van der Waals surface area (Å²) in [6.07, 6.45) is -0.0184. The van der Waals surface area contributed by atoms with E-state index in [1.54, 1.807) is 25.3 Å². The molecule has 0 atom stereocenters. The lowest BCUT2D eigenvalue weighted by Crippen LogP contribution is -2.42. The summed E-state index contributed by atoms with van der Waals surface area (Å²) in [5, 5.41) is 7.86. The molecule has 11 heteroatoms. The first kappa shape index (κ1) is 25.6. The molecule has 1 aromatic heterocycles. The molecule has 3 aromatic rings. The summed E-state index contributed by atoms with van der Waals surface area (Å²) in [5.74, 6) is -1.56. The van der Waals surface area contributed by atoms with Crippen LogP contribution in [0.3, 0.4) is 0 Å². The van der Waals surface area contributed by atoms with Crippen molar-refractivity contribution in [2.24, 2.45) is 0 Å². The van der Waals surface area contributed by atoms with Crippen LogP contribution in [0, 0.1) is 5.82 Å². The van der Waals surface area contributed by atoms with Gasteiger partial charge in [0, 0.05) is 22.1 Å². The number of rotatable bonds is 8. The first-order chi connectivity index (χ1) is 16.1. The molecule has 34 heavy (non-hydrogen) atoms. The van der Waals surface area contributed by atoms with Crippen LogP contribution < -0.4 is 10.6 Å². The van der Waals surface area contributed by atoms with Crippen LogP contribution in [0.25, 0.3) is 0 Å². The van der Waals surface area contributed by atoms with Gasteiger partial charge in [0.05, 0.1) is 22.7 Å². The third-order valence-corrected chi connectivity index (χ3v) is 5.98. The number of halogens is 3. The summed E-state index contributed by atoms with van der Waals surface area (Å²) >= 11 is 13.2. The van der Waals surface area contributed by atoms with E-state index < -0.39 is 17.6 Å². The Morgan fingerprint density at radius 1 is 1.06 bits per heavy atom. The predicted molar refractivity (Wildman–Crippen MR) is 132 cm³/mol. The molecule has 0 saturated heterocycles. The number of benzene rings is 2. The standard InChI is InChI=1S/C23H21Cl2FN4O3S/c1-13(2)30(22(33)18-8-3-14(24)9-19(18)25)11-21(32)29-23-28-17(12-34-23)10-20(31)27-16-6-4-15(26)5-7-16/h3-9,12-13H,10-11H2,1-2H3,(H,27,31)(H,28,29,32). The maximum Gasteiger partial charge on any atom is 0.256 e. The summed E-state index contributed by atoms with van der Waals surface area (Å²) in [5.41, 5.74) is 1.18. The number of nitrogens with zero attached hydrogens (tertiary/aromatic N) is 2. The van der Waals surface area contributed by atoms with Crippen LogP contribution in [0.5, 0.6) is 0 Å². The third kappa shape index (κ3) is 6.99. The van der Waals surface area contributed by atoms with Crippen molar-refractivity contribution in [1.82, 2.24) is 9.88 Å². The van der Waals surface area contributed by atoms with Crippen molar-refractivity contribution in [2.45, 2.75) is 26.3 Å². The fourth-order valence-electron chi connectivity index (χ4n) is 2.97. The number of aromatic nitrogens is 1. The Morgan fingerprint density at radius 2 is 1.76 bits per heavy atom. The Morgan fingerprint density at radius 3 is 2.41 bits per heavy atom. The zero-order chi connectivity index (χ0) is 24.8. The van der Waals surface area contributed by atoms with Crippen LogP contribution >= 0.6 is 34.5 Å². The quantitative estimate of drug-likeness (QED) is 0.422. The van der Waals surface area contributed by atoms with Crippen molar-refractivity contribution in [2.75, 3.05) is 17.2 Å². The van der Waals surface area contributed by atoms with Crippen LogP contribution in [0.2, 0.25) is 10.0 Å². The Balaban J connectivity index is 1.58. The van der Waals surface area contributed by atoms with Gasteiger partial charge in [-0.2, -0.15) is 0 Å². The van der Waals surface area contributed by atoms with Gasteiger partial charge in [0.1, 0.15) is 12.4 Å². The van der Waals surface area contributed by atoms with Gasteiger partial charge in [-0.3, -0.25) is 14.4 Å². The second-order valence-electron chi connectivity index (χ2n) is 7.57. The molecule has 0 fully saturated rings. The predicted octanol–water partition coefficient (Wildman–Crippen LogP) is 5.26. The third-order valence-electron chi connectivity index (χ3n) is 4.63. The van der Waals surface area contributed by atoms with E-state index in [-0.39, 0.29) is 35.5 Å². The molecular weight excluding hydrogens is 502 g/mol. The van der Waals surface area contributed by atoms with Gasteiger partial charge in [0.2, 0.25) is 11.8 Å².